The van der Waals surface area contributed by atoms with Gasteiger partial charge in [0.05, 0.1) is 11.7 Å². The van der Waals surface area contributed by atoms with Crippen LogP contribution in [0.1, 0.15) is 85.0 Å². The maximum absolute atomic E-state index is 12.8. The number of ether oxygens (including phenoxy) is 1. The van der Waals surface area contributed by atoms with E-state index in [0.29, 0.717) is 40.7 Å². The fourth-order valence-corrected chi connectivity index (χ4v) is 7.33. The summed E-state index contributed by atoms with van der Waals surface area (Å²) >= 11 is 0. The van der Waals surface area contributed by atoms with Crippen molar-refractivity contribution in [2.45, 2.75) is 102 Å². The van der Waals surface area contributed by atoms with Crippen molar-refractivity contribution in [3.05, 3.63) is 35.5 Å². The van der Waals surface area contributed by atoms with Crippen LogP contribution >= 0.6 is 0 Å². The Hall–Kier alpha value is -1.43. The predicted molar refractivity (Wildman–Crippen MR) is 128 cm³/mol. The van der Waals surface area contributed by atoms with E-state index in [1.54, 1.807) is 6.92 Å². The molecule has 4 rings (SSSR count). The van der Waals surface area contributed by atoms with Crippen molar-refractivity contribution < 1.29 is 24.9 Å². The van der Waals surface area contributed by atoms with Gasteiger partial charge in [-0.1, -0.05) is 51.0 Å². The Bertz CT molecular complexity index is 854. The van der Waals surface area contributed by atoms with Crippen LogP contribution < -0.4 is 0 Å². The molecule has 0 aromatic rings. The molecule has 33 heavy (non-hydrogen) atoms. The topological polar surface area (TPSA) is 87.0 Å². The van der Waals surface area contributed by atoms with E-state index in [4.69, 9.17) is 4.74 Å². The molecule has 0 radical (unpaired) electrons. The number of aliphatic hydroxyl groups is 3. The minimum Gasteiger partial charge on any atom is -0.460 e. The Balaban J connectivity index is 1.70. The van der Waals surface area contributed by atoms with Crippen molar-refractivity contribution in [1.29, 1.82) is 0 Å². The fraction of sp³-hybridized carbons (Fsp3) is 0.750. The van der Waals surface area contributed by atoms with Gasteiger partial charge in [0.25, 0.3) is 0 Å². The summed E-state index contributed by atoms with van der Waals surface area (Å²) in [5, 5.41) is 32.5. The molecule has 1 aliphatic heterocycles. The van der Waals surface area contributed by atoms with Crippen molar-refractivity contribution in [1.82, 2.24) is 0 Å². The summed E-state index contributed by atoms with van der Waals surface area (Å²) in [6, 6.07) is 0. The number of fused-ring (bicyclic) bond motifs is 2. The fourth-order valence-electron chi connectivity index (χ4n) is 7.33. The molecule has 0 aromatic heterocycles. The van der Waals surface area contributed by atoms with Crippen LogP contribution in [0.5, 0.6) is 0 Å². The normalized spacial score (nSPS) is 45.0. The summed E-state index contributed by atoms with van der Waals surface area (Å²) in [5.74, 6) is 1.03. The smallest absolute Gasteiger partial charge is 0.338 e. The van der Waals surface area contributed by atoms with Crippen LogP contribution in [0.3, 0.4) is 0 Å². The Kier molecular flexibility index (Phi) is 6.71. The van der Waals surface area contributed by atoms with Gasteiger partial charge in [0.2, 0.25) is 0 Å². The van der Waals surface area contributed by atoms with E-state index in [0.717, 1.165) is 19.3 Å². The van der Waals surface area contributed by atoms with Crippen LogP contribution in [0, 0.1) is 23.2 Å². The van der Waals surface area contributed by atoms with Crippen LogP contribution in [0.2, 0.25) is 0 Å². The zero-order valence-electron chi connectivity index (χ0n) is 20.6. The molecule has 3 N–H and O–H groups in total. The molecule has 6 bridgehead atoms. The minimum absolute atomic E-state index is 0.0647. The average molecular weight is 459 g/mol. The van der Waals surface area contributed by atoms with Crippen molar-refractivity contribution in [2.75, 3.05) is 6.61 Å². The number of rotatable bonds is 0. The lowest BCUT2D eigenvalue weighted by Crippen LogP contribution is -2.48. The highest BCUT2D eigenvalue weighted by Crippen LogP contribution is 2.60. The first-order chi connectivity index (χ1) is 15.5. The molecule has 2 unspecified atom stereocenters. The lowest BCUT2D eigenvalue weighted by Gasteiger charge is -2.44. The number of carbonyl (C=O) groups is 1. The number of cyclic esters (lactones) is 1. The van der Waals surface area contributed by atoms with Crippen molar-refractivity contribution in [3.63, 3.8) is 0 Å². The summed E-state index contributed by atoms with van der Waals surface area (Å²) < 4.78 is 5.39. The molecule has 5 nitrogen and oxygen atoms in total. The number of hydrogen-bond donors (Lipinski definition) is 3. The Morgan fingerprint density at radius 2 is 1.85 bits per heavy atom. The van der Waals surface area contributed by atoms with Gasteiger partial charge in [0.15, 0.2) is 5.60 Å². The van der Waals surface area contributed by atoms with Gasteiger partial charge >= 0.3 is 5.97 Å². The molecule has 4 aliphatic rings. The van der Waals surface area contributed by atoms with Crippen molar-refractivity contribution >= 4 is 5.97 Å². The maximum atomic E-state index is 12.8. The Labute approximate surface area is 198 Å². The van der Waals surface area contributed by atoms with Gasteiger partial charge in [-0.2, -0.15) is 0 Å². The van der Waals surface area contributed by atoms with Crippen LogP contribution in [-0.4, -0.2) is 45.2 Å². The summed E-state index contributed by atoms with van der Waals surface area (Å²) in [7, 11) is 0. The van der Waals surface area contributed by atoms with Crippen molar-refractivity contribution in [2.24, 2.45) is 23.2 Å². The third-order valence-electron chi connectivity index (χ3n) is 9.32. The third kappa shape index (κ3) is 4.74. The van der Waals surface area contributed by atoms with Crippen LogP contribution in [0.15, 0.2) is 35.5 Å². The number of aliphatic hydroxyl groups excluding tert-OH is 1. The molecule has 0 amide bonds. The molecule has 0 spiro atoms. The highest BCUT2D eigenvalue weighted by molar-refractivity contribution is 5.81. The molecular formula is C28H42O5. The summed E-state index contributed by atoms with van der Waals surface area (Å²) in [4.78, 5) is 12.8. The molecule has 0 saturated heterocycles. The van der Waals surface area contributed by atoms with Gasteiger partial charge in [-0.25, -0.2) is 4.79 Å². The first kappa shape index (κ1) is 24.7. The quantitative estimate of drug-likeness (QED) is 0.462. The lowest BCUT2D eigenvalue weighted by molar-refractivity contribution is -0.176. The predicted octanol–water partition coefficient (Wildman–Crippen LogP) is 4.61. The van der Waals surface area contributed by atoms with Gasteiger partial charge in [0.1, 0.15) is 6.61 Å². The second kappa shape index (κ2) is 8.98. The third-order valence-corrected chi connectivity index (χ3v) is 9.32. The molecule has 0 aromatic carbocycles. The van der Waals surface area contributed by atoms with E-state index in [1.807, 2.05) is 6.08 Å². The average Bonchev–Trinajstić information content (AvgIpc) is 3.10. The molecule has 1 heterocycles. The second-order valence-electron chi connectivity index (χ2n) is 11.9. The zero-order chi connectivity index (χ0) is 24.0. The van der Waals surface area contributed by atoms with Gasteiger partial charge in [-0.3, -0.25) is 0 Å². The van der Waals surface area contributed by atoms with Crippen LogP contribution in [-0.2, 0) is 9.53 Å². The Morgan fingerprint density at radius 1 is 1.09 bits per heavy atom. The van der Waals surface area contributed by atoms with E-state index in [2.05, 4.69) is 26.5 Å². The van der Waals surface area contributed by atoms with Gasteiger partial charge in [-0.15, -0.1) is 0 Å². The molecule has 3 saturated carbocycles. The van der Waals surface area contributed by atoms with Crippen LogP contribution in [0.4, 0.5) is 0 Å². The van der Waals surface area contributed by atoms with Crippen molar-refractivity contribution in [3.8, 4) is 0 Å². The first-order valence-corrected chi connectivity index (χ1v) is 12.8. The SMILES string of the molecule is C=C1C2=CC=C3CCC[C@@]4(C)C3CC[C@@H]4[C@H](C)CCCC(C)(O)COC(=O)[C@@](O)(C2)C[C@@H]1O. The van der Waals surface area contributed by atoms with E-state index in [1.165, 1.54) is 31.3 Å². The van der Waals surface area contributed by atoms with E-state index < -0.39 is 23.3 Å². The first-order valence-electron chi connectivity index (χ1n) is 12.8. The number of carbonyl (C=O) groups excluding carboxylic acids is 1. The summed E-state index contributed by atoms with van der Waals surface area (Å²) in [6.07, 6.45) is 11.5. The highest BCUT2D eigenvalue weighted by Gasteiger charge is 2.51. The summed E-state index contributed by atoms with van der Waals surface area (Å²) in [6.45, 7) is 10.4. The standard InChI is InChI=1S/C28H42O5/c1-18-7-5-13-26(3,31)17-33-25(30)28(32)15-21(19(2)24(29)16-28)10-9-20-8-6-14-27(4)22(18)11-12-23(20)27/h9-10,18,22-24,29,31-32H,2,5-8,11-17H2,1,3-4H3/t18-,22-,23?,24+,26?,27-,28-/m1/s1. The van der Waals surface area contributed by atoms with Gasteiger partial charge in [-0.05, 0) is 79.8 Å². The minimum atomic E-state index is -1.82. The molecule has 5 heteroatoms. The Morgan fingerprint density at radius 3 is 2.61 bits per heavy atom. The number of allylic oxidation sites excluding steroid dienone is 3. The number of hydrogen-bond acceptors (Lipinski definition) is 5. The van der Waals surface area contributed by atoms with E-state index in [-0.39, 0.29) is 19.4 Å². The molecule has 184 valence electrons. The highest BCUT2D eigenvalue weighted by atomic mass is 16.6. The van der Waals surface area contributed by atoms with E-state index in [9.17, 15) is 20.1 Å². The van der Waals surface area contributed by atoms with Gasteiger partial charge in [0, 0.05) is 12.8 Å². The lowest BCUT2D eigenvalue weighted by atomic mass is 9.60. The van der Waals surface area contributed by atoms with Gasteiger partial charge < -0.3 is 20.1 Å². The van der Waals surface area contributed by atoms with Crippen LogP contribution in [0.25, 0.3) is 0 Å². The largest absolute Gasteiger partial charge is 0.460 e. The monoisotopic (exact) mass is 458 g/mol. The molecular weight excluding hydrogens is 416 g/mol. The maximum Gasteiger partial charge on any atom is 0.338 e. The molecule has 7 atom stereocenters. The summed E-state index contributed by atoms with van der Waals surface area (Å²) in [5.41, 5.74) is 0.0521. The molecule has 3 aliphatic carbocycles. The zero-order valence-corrected chi connectivity index (χ0v) is 20.6. The van der Waals surface area contributed by atoms with E-state index >= 15 is 0 Å². The number of esters is 1. The second-order valence-corrected chi connectivity index (χ2v) is 11.9. The molecule has 3 fully saturated rings.